The van der Waals surface area contributed by atoms with Crippen molar-refractivity contribution in [2.45, 2.75) is 12.7 Å². The average molecular weight is 422 g/mol. The van der Waals surface area contributed by atoms with E-state index in [1.807, 2.05) is 4.90 Å². The molecule has 0 aliphatic carbocycles. The highest BCUT2D eigenvalue weighted by atomic mass is 35.5. The first kappa shape index (κ1) is 19.3. The number of nitrogens with one attached hydrogen (secondary N) is 1. The number of aryl methyl sites for hydroxylation is 1. The lowest BCUT2D eigenvalue weighted by atomic mass is 10.1. The van der Waals surface area contributed by atoms with Gasteiger partial charge >= 0.3 is 6.18 Å². The highest BCUT2D eigenvalue weighted by Gasteiger charge is 2.34. The Kier molecular flexibility index (Phi) is 4.70. The van der Waals surface area contributed by atoms with Gasteiger partial charge in [-0.3, -0.25) is 4.79 Å². The molecule has 6 nitrogen and oxygen atoms in total. The lowest BCUT2D eigenvalue weighted by molar-refractivity contribution is -0.140. The maximum Gasteiger partial charge on any atom is 0.434 e. The molecule has 3 heterocycles. The minimum Gasteiger partial charge on any atom is -0.356 e. The minimum absolute atomic E-state index is 0.156. The summed E-state index contributed by atoms with van der Waals surface area (Å²) in [5.41, 5.74) is 1.85. The maximum absolute atomic E-state index is 12.9. The van der Waals surface area contributed by atoms with Crippen LogP contribution in [0.1, 0.15) is 11.3 Å². The van der Waals surface area contributed by atoms with Gasteiger partial charge in [0.05, 0.1) is 24.1 Å². The number of carbonyl (C=O) groups excluding carboxylic acids is 1. The number of alkyl halides is 3. The maximum atomic E-state index is 12.9. The Bertz CT molecular complexity index is 1080. The molecule has 4 rings (SSSR count). The van der Waals surface area contributed by atoms with Crippen molar-refractivity contribution in [3.8, 4) is 11.4 Å². The molecule has 0 unspecified atom stereocenters. The van der Waals surface area contributed by atoms with Crippen molar-refractivity contribution in [1.82, 2.24) is 14.5 Å². The summed E-state index contributed by atoms with van der Waals surface area (Å²) in [7, 11) is 1.52. The summed E-state index contributed by atoms with van der Waals surface area (Å²) in [6, 6.07) is 8.69. The van der Waals surface area contributed by atoms with Gasteiger partial charge in [0.15, 0.2) is 5.69 Å². The van der Waals surface area contributed by atoms with Crippen LogP contribution >= 0.6 is 11.6 Å². The number of halogens is 4. The van der Waals surface area contributed by atoms with E-state index in [2.05, 4.69) is 15.3 Å². The van der Waals surface area contributed by atoms with E-state index < -0.39 is 11.9 Å². The minimum atomic E-state index is -4.49. The van der Waals surface area contributed by atoms with Crippen molar-refractivity contribution in [3.05, 3.63) is 59.1 Å². The first-order chi connectivity index (χ1) is 13.7. The third-order valence-electron chi connectivity index (χ3n) is 4.55. The van der Waals surface area contributed by atoms with Crippen LogP contribution in [0.2, 0.25) is 5.15 Å². The number of nitrogens with zero attached hydrogens (tertiary/aromatic N) is 4. The number of fused-ring (bicyclic) bond motifs is 1. The molecule has 0 radical (unpaired) electrons. The van der Waals surface area contributed by atoms with Crippen LogP contribution in [0.25, 0.3) is 11.4 Å². The van der Waals surface area contributed by atoms with E-state index in [1.165, 1.54) is 17.8 Å². The van der Waals surface area contributed by atoms with Gasteiger partial charge in [-0.05, 0) is 5.56 Å². The van der Waals surface area contributed by atoms with Crippen molar-refractivity contribution >= 4 is 28.9 Å². The predicted molar refractivity (Wildman–Crippen MR) is 103 cm³/mol. The van der Waals surface area contributed by atoms with Gasteiger partial charge < -0.3 is 14.8 Å². The fraction of sp³-hybridized carbons (Fsp3) is 0.211. The zero-order chi connectivity index (χ0) is 20.8. The summed E-state index contributed by atoms with van der Waals surface area (Å²) in [4.78, 5) is 21.5. The second kappa shape index (κ2) is 7.07. The fourth-order valence-corrected chi connectivity index (χ4v) is 3.37. The SMILES string of the molecule is Cn1cc(C(F)(F)F)nc1-c1ccc(CN2CC(=O)Nc3cnc(Cl)cc32)cc1. The molecule has 1 aliphatic rings. The van der Waals surface area contributed by atoms with Gasteiger partial charge in [0, 0.05) is 31.4 Å². The predicted octanol–water partition coefficient (Wildman–Crippen LogP) is 4.11. The summed E-state index contributed by atoms with van der Waals surface area (Å²) in [5.74, 6) is 0.0651. The molecule has 0 spiro atoms. The molecular weight excluding hydrogens is 407 g/mol. The first-order valence-corrected chi connectivity index (χ1v) is 8.99. The summed E-state index contributed by atoms with van der Waals surface area (Å²) < 4.78 is 40.0. The molecule has 1 aliphatic heterocycles. The third-order valence-corrected chi connectivity index (χ3v) is 4.76. The van der Waals surface area contributed by atoms with Crippen LogP contribution in [0, 0.1) is 0 Å². The van der Waals surface area contributed by atoms with Gasteiger partial charge in [-0.1, -0.05) is 35.9 Å². The number of hydrogen-bond acceptors (Lipinski definition) is 4. The summed E-state index contributed by atoms with van der Waals surface area (Å²) in [6.07, 6.45) is -2.03. The smallest absolute Gasteiger partial charge is 0.356 e. The Labute approximate surface area is 168 Å². The standard InChI is InChI=1S/C19H15ClF3N5O/c1-27-9-15(19(21,22)23)26-18(27)12-4-2-11(3-5-12)8-28-10-17(29)25-13-7-24-16(20)6-14(13)28/h2-7,9H,8,10H2,1H3,(H,25,29). The molecule has 0 bridgehead atoms. The number of benzene rings is 1. The molecule has 1 N–H and O–H groups in total. The van der Waals surface area contributed by atoms with Crippen LogP contribution < -0.4 is 10.2 Å². The molecule has 10 heteroatoms. The number of amides is 1. The van der Waals surface area contributed by atoms with Gasteiger partial charge in [0.2, 0.25) is 5.91 Å². The fourth-order valence-electron chi connectivity index (χ4n) is 3.22. The van der Waals surface area contributed by atoms with Crippen LogP contribution in [-0.4, -0.2) is 27.0 Å². The second-order valence-corrected chi connectivity index (χ2v) is 7.07. The Morgan fingerprint density at radius 1 is 1.24 bits per heavy atom. The second-order valence-electron chi connectivity index (χ2n) is 6.68. The molecule has 1 aromatic carbocycles. The highest BCUT2D eigenvalue weighted by molar-refractivity contribution is 6.29. The Morgan fingerprint density at radius 3 is 2.62 bits per heavy atom. The average Bonchev–Trinajstić information content (AvgIpc) is 3.05. The van der Waals surface area contributed by atoms with Gasteiger partial charge in [-0.15, -0.1) is 0 Å². The van der Waals surface area contributed by atoms with Crippen molar-refractivity contribution in [3.63, 3.8) is 0 Å². The Hall–Kier alpha value is -3.07. The third kappa shape index (κ3) is 3.91. The zero-order valence-corrected chi connectivity index (χ0v) is 15.9. The van der Waals surface area contributed by atoms with E-state index in [4.69, 9.17) is 11.6 Å². The van der Waals surface area contributed by atoms with E-state index in [-0.39, 0.29) is 18.3 Å². The zero-order valence-electron chi connectivity index (χ0n) is 15.2. The molecule has 0 atom stereocenters. The van der Waals surface area contributed by atoms with Crippen molar-refractivity contribution < 1.29 is 18.0 Å². The van der Waals surface area contributed by atoms with Gasteiger partial charge in [0.1, 0.15) is 11.0 Å². The lowest BCUT2D eigenvalue weighted by Crippen LogP contribution is -2.37. The summed E-state index contributed by atoms with van der Waals surface area (Å²) in [6.45, 7) is 0.582. The van der Waals surface area contributed by atoms with Crippen molar-refractivity contribution in [2.24, 2.45) is 7.05 Å². The molecule has 150 valence electrons. The molecule has 2 aromatic heterocycles. The Balaban J connectivity index is 1.58. The first-order valence-electron chi connectivity index (χ1n) is 8.61. The van der Waals surface area contributed by atoms with E-state index >= 15 is 0 Å². The van der Waals surface area contributed by atoms with Crippen LogP contribution in [0.5, 0.6) is 0 Å². The number of imidazole rings is 1. The van der Waals surface area contributed by atoms with Gasteiger partial charge in [-0.2, -0.15) is 13.2 Å². The van der Waals surface area contributed by atoms with E-state index in [0.717, 1.165) is 17.4 Å². The molecule has 0 saturated heterocycles. The van der Waals surface area contributed by atoms with E-state index in [1.54, 1.807) is 30.3 Å². The largest absolute Gasteiger partial charge is 0.434 e. The lowest BCUT2D eigenvalue weighted by Gasteiger charge is -2.30. The van der Waals surface area contributed by atoms with Crippen LogP contribution in [0.4, 0.5) is 24.5 Å². The Morgan fingerprint density at radius 2 is 1.97 bits per heavy atom. The molecule has 0 saturated carbocycles. The normalized spacial score (nSPS) is 14.0. The molecule has 1 amide bonds. The van der Waals surface area contributed by atoms with Crippen molar-refractivity contribution in [1.29, 1.82) is 0 Å². The van der Waals surface area contributed by atoms with Crippen LogP contribution in [0.3, 0.4) is 0 Å². The monoisotopic (exact) mass is 421 g/mol. The van der Waals surface area contributed by atoms with Crippen molar-refractivity contribution in [2.75, 3.05) is 16.8 Å². The number of anilines is 2. The van der Waals surface area contributed by atoms with Crippen LogP contribution in [-0.2, 0) is 24.6 Å². The number of hydrogen-bond donors (Lipinski definition) is 1. The topological polar surface area (TPSA) is 63.1 Å². The summed E-state index contributed by atoms with van der Waals surface area (Å²) >= 11 is 5.98. The number of carbonyl (C=O) groups is 1. The van der Waals surface area contributed by atoms with E-state index in [9.17, 15) is 18.0 Å². The van der Waals surface area contributed by atoms with E-state index in [0.29, 0.717) is 22.9 Å². The van der Waals surface area contributed by atoms with Gasteiger partial charge in [0.25, 0.3) is 0 Å². The molecular formula is C19H15ClF3N5O. The number of aromatic nitrogens is 3. The van der Waals surface area contributed by atoms with Gasteiger partial charge in [-0.25, -0.2) is 9.97 Å². The number of rotatable bonds is 3. The quantitative estimate of drug-likeness (QED) is 0.646. The summed E-state index contributed by atoms with van der Waals surface area (Å²) in [5, 5.41) is 3.06. The number of pyridine rings is 1. The molecule has 29 heavy (non-hydrogen) atoms. The van der Waals surface area contributed by atoms with Crippen LogP contribution in [0.15, 0.2) is 42.7 Å². The highest BCUT2D eigenvalue weighted by Crippen LogP contribution is 2.33. The molecule has 3 aromatic rings. The molecule has 0 fully saturated rings.